The van der Waals surface area contributed by atoms with E-state index in [9.17, 15) is 14.9 Å². The van der Waals surface area contributed by atoms with Crippen molar-refractivity contribution in [3.63, 3.8) is 0 Å². The molecule has 1 aromatic rings. The molecule has 2 aliphatic heterocycles. The molecule has 2 aliphatic rings. The number of Topliss-reactive ketones (excluding diaryl/α,β-unsaturated/α-hetero) is 1. The van der Waals surface area contributed by atoms with Crippen molar-refractivity contribution in [1.82, 2.24) is 4.98 Å². The summed E-state index contributed by atoms with van der Waals surface area (Å²) in [6.07, 6.45) is 4.17. The fourth-order valence-electron chi connectivity index (χ4n) is 3.02. The average molecular weight is 326 g/mol. The predicted molar refractivity (Wildman–Crippen MR) is 80.3 cm³/mol. The first-order chi connectivity index (χ1) is 10.5. The molecule has 1 aromatic heterocycles. The number of hydrogen-bond acceptors (Lipinski definition) is 6. The van der Waals surface area contributed by atoms with Gasteiger partial charge in [-0.25, -0.2) is 4.98 Å². The summed E-state index contributed by atoms with van der Waals surface area (Å²) in [5.41, 5.74) is -0.325. The van der Waals surface area contributed by atoms with E-state index >= 15 is 0 Å². The molecule has 7 nitrogen and oxygen atoms in total. The monoisotopic (exact) mass is 325 g/mol. The van der Waals surface area contributed by atoms with E-state index in [-0.39, 0.29) is 28.7 Å². The van der Waals surface area contributed by atoms with Crippen molar-refractivity contribution in [1.29, 1.82) is 0 Å². The van der Waals surface area contributed by atoms with Gasteiger partial charge in [0, 0.05) is 25.6 Å². The Morgan fingerprint density at radius 1 is 1.36 bits per heavy atom. The standard InChI is InChI=1S/C14H16ClN3O4/c15-12-7-10(18(20)21)8-16-13(12)17-5-3-14(4-6-17)2-1-11(19)9-22-14/h7-8H,1-6,9H2. The summed E-state index contributed by atoms with van der Waals surface area (Å²) < 4.78 is 5.76. The van der Waals surface area contributed by atoms with Gasteiger partial charge in [-0.2, -0.15) is 0 Å². The third-order valence-electron chi connectivity index (χ3n) is 4.39. The molecule has 0 aromatic carbocycles. The number of hydrogen-bond donors (Lipinski definition) is 0. The zero-order valence-electron chi connectivity index (χ0n) is 12.0. The van der Waals surface area contributed by atoms with Crippen LogP contribution < -0.4 is 4.90 Å². The molecule has 2 fully saturated rings. The number of pyridine rings is 1. The highest BCUT2D eigenvalue weighted by atomic mass is 35.5. The van der Waals surface area contributed by atoms with Crippen LogP contribution in [0.2, 0.25) is 5.02 Å². The zero-order valence-corrected chi connectivity index (χ0v) is 12.7. The van der Waals surface area contributed by atoms with Crippen LogP contribution in [0.3, 0.4) is 0 Å². The summed E-state index contributed by atoms with van der Waals surface area (Å²) >= 11 is 6.12. The fraction of sp³-hybridized carbons (Fsp3) is 0.571. The van der Waals surface area contributed by atoms with Gasteiger partial charge < -0.3 is 9.64 Å². The number of anilines is 1. The molecule has 0 atom stereocenters. The first kappa shape index (κ1) is 15.2. The van der Waals surface area contributed by atoms with Crippen LogP contribution in [-0.2, 0) is 9.53 Å². The van der Waals surface area contributed by atoms with Gasteiger partial charge in [0.1, 0.15) is 18.6 Å². The van der Waals surface area contributed by atoms with Crippen molar-refractivity contribution >= 4 is 28.9 Å². The number of halogens is 1. The smallest absolute Gasteiger partial charge is 0.289 e. The fourth-order valence-corrected chi connectivity index (χ4v) is 3.30. The van der Waals surface area contributed by atoms with Crippen molar-refractivity contribution in [3.8, 4) is 0 Å². The molecular weight excluding hydrogens is 310 g/mol. The second-order valence-electron chi connectivity index (χ2n) is 5.75. The SMILES string of the molecule is O=C1CCC2(CCN(c3ncc([N+](=O)[O-])cc3Cl)CC2)OC1. The maximum Gasteiger partial charge on any atom is 0.289 e. The van der Waals surface area contributed by atoms with Crippen LogP contribution in [0.5, 0.6) is 0 Å². The highest BCUT2D eigenvalue weighted by Gasteiger charge is 2.39. The van der Waals surface area contributed by atoms with Crippen LogP contribution >= 0.6 is 11.6 Å². The minimum atomic E-state index is -0.513. The number of nitro groups is 1. The van der Waals surface area contributed by atoms with E-state index in [0.717, 1.165) is 19.3 Å². The van der Waals surface area contributed by atoms with Gasteiger partial charge >= 0.3 is 0 Å². The van der Waals surface area contributed by atoms with Gasteiger partial charge in [0.25, 0.3) is 5.69 Å². The molecule has 0 saturated carbocycles. The van der Waals surface area contributed by atoms with E-state index in [2.05, 4.69) is 4.98 Å². The largest absolute Gasteiger partial charge is 0.367 e. The lowest BCUT2D eigenvalue weighted by Gasteiger charge is -2.43. The zero-order chi connectivity index (χ0) is 15.7. The minimum Gasteiger partial charge on any atom is -0.367 e. The Balaban J connectivity index is 1.69. The number of carbonyl (C=O) groups is 1. The Labute approximate surface area is 132 Å². The molecule has 118 valence electrons. The molecule has 0 unspecified atom stereocenters. The van der Waals surface area contributed by atoms with Gasteiger partial charge in [-0.3, -0.25) is 14.9 Å². The Kier molecular flexibility index (Phi) is 4.01. The molecule has 3 rings (SSSR count). The summed E-state index contributed by atoms with van der Waals surface area (Å²) in [6, 6.07) is 1.32. The number of carbonyl (C=O) groups excluding carboxylic acids is 1. The summed E-state index contributed by atoms with van der Waals surface area (Å²) in [5, 5.41) is 11.0. The topological polar surface area (TPSA) is 85.6 Å². The summed E-state index contributed by atoms with van der Waals surface area (Å²) in [4.78, 5) is 27.6. The lowest BCUT2D eigenvalue weighted by Crippen LogP contribution is -2.49. The van der Waals surface area contributed by atoms with Crippen LogP contribution in [-0.4, -0.2) is 41.0 Å². The molecule has 0 bridgehead atoms. The molecule has 0 amide bonds. The van der Waals surface area contributed by atoms with Crippen LogP contribution in [0.15, 0.2) is 12.3 Å². The highest BCUT2D eigenvalue weighted by Crippen LogP contribution is 2.37. The summed E-state index contributed by atoms with van der Waals surface area (Å²) in [5.74, 6) is 0.724. The molecule has 3 heterocycles. The third-order valence-corrected chi connectivity index (χ3v) is 4.67. The van der Waals surface area contributed by atoms with Crippen LogP contribution in [0.25, 0.3) is 0 Å². The Bertz CT molecular complexity index is 602. The lowest BCUT2D eigenvalue weighted by molar-refractivity contribution is -0.385. The lowest BCUT2D eigenvalue weighted by atomic mass is 9.84. The van der Waals surface area contributed by atoms with Gasteiger partial charge in [0.2, 0.25) is 0 Å². The normalized spacial score (nSPS) is 21.1. The number of piperidine rings is 1. The van der Waals surface area contributed by atoms with Crippen molar-refractivity contribution in [2.75, 3.05) is 24.6 Å². The molecule has 0 radical (unpaired) electrons. The summed E-state index contributed by atoms with van der Waals surface area (Å²) in [7, 11) is 0. The van der Waals surface area contributed by atoms with Crippen molar-refractivity contribution in [2.24, 2.45) is 0 Å². The number of nitrogens with zero attached hydrogens (tertiary/aromatic N) is 3. The molecule has 0 N–H and O–H groups in total. The van der Waals surface area contributed by atoms with Gasteiger partial charge in [-0.15, -0.1) is 0 Å². The van der Waals surface area contributed by atoms with E-state index in [1.165, 1.54) is 12.3 Å². The number of ether oxygens (including phenoxy) is 1. The average Bonchev–Trinajstić information content (AvgIpc) is 2.51. The molecule has 0 aliphatic carbocycles. The second kappa shape index (κ2) is 5.81. The molecule has 2 saturated heterocycles. The molecular formula is C14H16ClN3O4. The Morgan fingerprint density at radius 2 is 2.09 bits per heavy atom. The first-order valence-electron chi connectivity index (χ1n) is 7.20. The maximum atomic E-state index is 11.3. The highest BCUT2D eigenvalue weighted by molar-refractivity contribution is 6.33. The molecule has 1 spiro atoms. The molecule has 8 heteroatoms. The maximum absolute atomic E-state index is 11.3. The van der Waals surface area contributed by atoms with Gasteiger partial charge in [0.15, 0.2) is 5.78 Å². The number of aromatic nitrogens is 1. The Hall–Kier alpha value is -1.73. The van der Waals surface area contributed by atoms with E-state index < -0.39 is 4.92 Å². The van der Waals surface area contributed by atoms with Crippen molar-refractivity contribution in [2.45, 2.75) is 31.3 Å². The second-order valence-corrected chi connectivity index (χ2v) is 6.16. The van der Waals surface area contributed by atoms with Gasteiger partial charge in [-0.05, 0) is 19.3 Å². The van der Waals surface area contributed by atoms with E-state index in [1.54, 1.807) is 0 Å². The third kappa shape index (κ3) is 2.91. The van der Waals surface area contributed by atoms with Gasteiger partial charge in [0.05, 0.1) is 15.5 Å². The Morgan fingerprint density at radius 3 is 2.64 bits per heavy atom. The number of rotatable bonds is 2. The van der Waals surface area contributed by atoms with E-state index in [4.69, 9.17) is 16.3 Å². The van der Waals surface area contributed by atoms with Crippen molar-refractivity contribution in [3.05, 3.63) is 27.4 Å². The van der Waals surface area contributed by atoms with Crippen molar-refractivity contribution < 1.29 is 14.5 Å². The van der Waals surface area contributed by atoms with Crippen LogP contribution in [0.1, 0.15) is 25.7 Å². The van der Waals surface area contributed by atoms with Crippen LogP contribution in [0, 0.1) is 10.1 Å². The summed E-state index contributed by atoms with van der Waals surface area (Å²) in [6.45, 7) is 1.62. The quantitative estimate of drug-likeness (QED) is 0.613. The van der Waals surface area contributed by atoms with E-state index in [1.807, 2.05) is 4.90 Å². The minimum absolute atomic E-state index is 0.114. The van der Waals surface area contributed by atoms with Crippen LogP contribution in [0.4, 0.5) is 11.5 Å². The van der Waals surface area contributed by atoms with Gasteiger partial charge in [-0.1, -0.05) is 11.6 Å². The van der Waals surface area contributed by atoms with E-state index in [0.29, 0.717) is 25.3 Å². The predicted octanol–water partition coefficient (Wildman–Crippen LogP) is 2.36. The number of ketones is 1. The first-order valence-corrected chi connectivity index (χ1v) is 7.57. The molecule has 22 heavy (non-hydrogen) atoms.